The lowest BCUT2D eigenvalue weighted by Gasteiger charge is -2.29. The molecule has 0 aliphatic carbocycles. The SMILES string of the molecule is CC(F)(c1ccc(O)cc1)C(F)(F)CN. The fourth-order valence-electron chi connectivity index (χ4n) is 1.18. The van der Waals surface area contributed by atoms with E-state index in [4.69, 9.17) is 10.8 Å². The van der Waals surface area contributed by atoms with E-state index in [-0.39, 0.29) is 11.3 Å². The van der Waals surface area contributed by atoms with Crippen LogP contribution in [0.1, 0.15) is 12.5 Å². The standard InChI is InChI=1S/C10H12F3NO/c1-9(11,10(12,13)6-14)7-2-4-8(15)5-3-7/h2-5,15H,6,14H2,1H3. The van der Waals surface area contributed by atoms with Crippen LogP contribution in [-0.4, -0.2) is 17.6 Å². The summed E-state index contributed by atoms with van der Waals surface area (Å²) in [5.74, 6) is -3.74. The lowest BCUT2D eigenvalue weighted by atomic mass is 9.91. The van der Waals surface area contributed by atoms with E-state index in [0.29, 0.717) is 0 Å². The maximum atomic E-state index is 13.8. The summed E-state index contributed by atoms with van der Waals surface area (Å²) in [6.07, 6.45) is 0. The molecule has 1 atom stereocenters. The molecular weight excluding hydrogens is 207 g/mol. The normalized spacial score (nSPS) is 16.1. The number of phenols is 1. The molecule has 1 aromatic carbocycles. The van der Waals surface area contributed by atoms with Crippen LogP contribution in [0.2, 0.25) is 0 Å². The minimum absolute atomic E-state index is 0.106. The van der Waals surface area contributed by atoms with Gasteiger partial charge in [-0.05, 0) is 24.6 Å². The number of aromatic hydroxyl groups is 1. The van der Waals surface area contributed by atoms with Gasteiger partial charge in [-0.2, -0.15) is 0 Å². The Balaban J connectivity index is 3.10. The molecule has 0 bridgehead atoms. The summed E-state index contributed by atoms with van der Waals surface area (Å²) in [4.78, 5) is 0. The average molecular weight is 219 g/mol. The molecule has 5 heteroatoms. The molecule has 0 radical (unpaired) electrons. The number of alkyl halides is 3. The summed E-state index contributed by atoms with van der Waals surface area (Å²) in [7, 11) is 0. The largest absolute Gasteiger partial charge is 0.508 e. The highest BCUT2D eigenvalue weighted by molar-refractivity contribution is 5.31. The molecule has 15 heavy (non-hydrogen) atoms. The first kappa shape index (κ1) is 11.8. The lowest BCUT2D eigenvalue weighted by Crippen LogP contribution is -2.45. The maximum Gasteiger partial charge on any atom is 0.297 e. The van der Waals surface area contributed by atoms with E-state index in [1.807, 2.05) is 0 Å². The van der Waals surface area contributed by atoms with Gasteiger partial charge in [0.1, 0.15) is 5.75 Å². The molecule has 2 nitrogen and oxygen atoms in total. The van der Waals surface area contributed by atoms with Crippen LogP contribution in [-0.2, 0) is 5.67 Å². The third-order valence-electron chi connectivity index (χ3n) is 2.35. The fourth-order valence-corrected chi connectivity index (χ4v) is 1.18. The Kier molecular flexibility index (Phi) is 2.95. The molecule has 0 saturated carbocycles. The van der Waals surface area contributed by atoms with Crippen LogP contribution in [0.25, 0.3) is 0 Å². The molecule has 0 saturated heterocycles. The van der Waals surface area contributed by atoms with Gasteiger partial charge in [-0.15, -0.1) is 0 Å². The third-order valence-corrected chi connectivity index (χ3v) is 2.35. The predicted molar refractivity (Wildman–Crippen MR) is 50.6 cm³/mol. The Labute approximate surface area is 85.5 Å². The van der Waals surface area contributed by atoms with Gasteiger partial charge in [0.05, 0.1) is 6.54 Å². The molecule has 0 fully saturated rings. The monoisotopic (exact) mass is 219 g/mol. The summed E-state index contributed by atoms with van der Waals surface area (Å²) in [5.41, 5.74) is 1.77. The van der Waals surface area contributed by atoms with Gasteiger partial charge in [-0.25, -0.2) is 13.2 Å². The molecule has 1 rings (SSSR count). The number of phenolic OH excluding ortho intramolecular Hbond substituents is 1. The second-order valence-electron chi connectivity index (χ2n) is 3.46. The Morgan fingerprint density at radius 2 is 1.67 bits per heavy atom. The highest BCUT2D eigenvalue weighted by Gasteiger charge is 2.51. The van der Waals surface area contributed by atoms with E-state index in [9.17, 15) is 13.2 Å². The number of hydrogen-bond acceptors (Lipinski definition) is 2. The average Bonchev–Trinajstić information content (AvgIpc) is 2.18. The zero-order chi connectivity index (χ0) is 11.7. The Bertz CT molecular complexity index is 335. The first-order valence-electron chi connectivity index (χ1n) is 4.37. The molecule has 1 unspecified atom stereocenters. The van der Waals surface area contributed by atoms with E-state index in [1.54, 1.807) is 0 Å². The first-order valence-corrected chi connectivity index (χ1v) is 4.37. The summed E-state index contributed by atoms with van der Waals surface area (Å²) in [6, 6.07) is 4.53. The fraction of sp³-hybridized carbons (Fsp3) is 0.400. The molecule has 3 N–H and O–H groups in total. The predicted octanol–water partition coefficient (Wildman–Crippen LogP) is 2.17. The summed E-state index contributed by atoms with van der Waals surface area (Å²) in [5, 5.41) is 8.95. The van der Waals surface area contributed by atoms with Gasteiger partial charge in [-0.1, -0.05) is 12.1 Å². The van der Waals surface area contributed by atoms with Gasteiger partial charge in [0.15, 0.2) is 5.67 Å². The minimum atomic E-state index is -3.63. The van der Waals surface area contributed by atoms with Crippen molar-refractivity contribution in [3.8, 4) is 5.75 Å². The van der Waals surface area contributed by atoms with Crippen LogP contribution < -0.4 is 5.73 Å². The molecule has 1 aromatic rings. The van der Waals surface area contributed by atoms with Crippen molar-refractivity contribution in [1.82, 2.24) is 0 Å². The first-order chi connectivity index (χ1) is 6.81. The van der Waals surface area contributed by atoms with Crippen molar-refractivity contribution in [1.29, 1.82) is 0 Å². The van der Waals surface area contributed by atoms with E-state index in [0.717, 1.165) is 31.2 Å². The lowest BCUT2D eigenvalue weighted by molar-refractivity contribution is -0.126. The van der Waals surface area contributed by atoms with E-state index >= 15 is 0 Å². The smallest absolute Gasteiger partial charge is 0.297 e. The van der Waals surface area contributed by atoms with E-state index in [2.05, 4.69) is 0 Å². The van der Waals surface area contributed by atoms with Crippen molar-refractivity contribution in [3.05, 3.63) is 29.8 Å². The maximum absolute atomic E-state index is 13.8. The van der Waals surface area contributed by atoms with Crippen LogP contribution in [0.4, 0.5) is 13.2 Å². The van der Waals surface area contributed by atoms with Crippen molar-refractivity contribution in [2.45, 2.75) is 18.5 Å². The number of rotatable bonds is 3. The van der Waals surface area contributed by atoms with Crippen molar-refractivity contribution < 1.29 is 18.3 Å². The minimum Gasteiger partial charge on any atom is -0.508 e. The molecular formula is C10H12F3NO. The molecule has 84 valence electrons. The second kappa shape index (κ2) is 3.73. The summed E-state index contributed by atoms with van der Waals surface area (Å²) < 4.78 is 40.1. The Morgan fingerprint density at radius 3 is 2.07 bits per heavy atom. The van der Waals surface area contributed by atoms with Gasteiger partial charge in [0.2, 0.25) is 0 Å². The molecule has 0 amide bonds. The Morgan fingerprint density at radius 1 is 1.20 bits per heavy atom. The van der Waals surface area contributed by atoms with Gasteiger partial charge >= 0.3 is 0 Å². The van der Waals surface area contributed by atoms with Crippen molar-refractivity contribution in [2.75, 3.05) is 6.54 Å². The van der Waals surface area contributed by atoms with Gasteiger partial charge in [0.25, 0.3) is 5.92 Å². The zero-order valence-electron chi connectivity index (χ0n) is 8.17. The number of nitrogens with two attached hydrogens (primary N) is 1. The van der Waals surface area contributed by atoms with Gasteiger partial charge in [0, 0.05) is 0 Å². The molecule has 0 heterocycles. The Hall–Kier alpha value is -1.23. The molecule has 0 aliphatic rings. The van der Waals surface area contributed by atoms with Crippen LogP contribution in [0.15, 0.2) is 24.3 Å². The van der Waals surface area contributed by atoms with E-state index < -0.39 is 18.1 Å². The summed E-state index contributed by atoms with van der Waals surface area (Å²) in [6.45, 7) is -0.298. The van der Waals surface area contributed by atoms with Crippen LogP contribution >= 0.6 is 0 Å². The van der Waals surface area contributed by atoms with Crippen LogP contribution in [0.5, 0.6) is 5.75 Å². The topological polar surface area (TPSA) is 46.2 Å². The van der Waals surface area contributed by atoms with E-state index in [1.165, 1.54) is 0 Å². The van der Waals surface area contributed by atoms with Crippen molar-refractivity contribution in [2.24, 2.45) is 5.73 Å². The number of hydrogen-bond donors (Lipinski definition) is 2. The van der Waals surface area contributed by atoms with Crippen molar-refractivity contribution >= 4 is 0 Å². The van der Waals surface area contributed by atoms with Crippen LogP contribution in [0, 0.1) is 0 Å². The number of benzene rings is 1. The van der Waals surface area contributed by atoms with Crippen molar-refractivity contribution in [3.63, 3.8) is 0 Å². The highest BCUT2D eigenvalue weighted by Crippen LogP contribution is 2.40. The molecule has 0 aliphatic heterocycles. The van der Waals surface area contributed by atoms with Gasteiger partial charge in [-0.3, -0.25) is 0 Å². The number of halogens is 3. The van der Waals surface area contributed by atoms with Gasteiger partial charge < -0.3 is 10.8 Å². The molecule has 0 spiro atoms. The van der Waals surface area contributed by atoms with Crippen LogP contribution in [0.3, 0.4) is 0 Å². The zero-order valence-corrected chi connectivity index (χ0v) is 8.17. The molecule has 0 aromatic heterocycles. The third kappa shape index (κ3) is 2.07. The second-order valence-corrected chi connectivity index (χ2v) is 3.46. The highest BCUT2D eigenvalue weighted by atomic mass is 19.3. The quantitative estimate of drug-likeness (QED) is 0.818. The summed E-state index contributed by atoms with van der Waals surface area (Å²) >= 11 is 0.